The summed E-state index contributed by atoms with van der Waals surface area (Å²) in [4.78, 5) is 10.2. The Morgan fingerprint density at radius 1 is 1.36 bits per heavy atom. The van der Waals surface area contributed by atoms with Gasteiger partial charge in [-0.2, -0.15) is 5.26 Å². The lowest BCUT2D eigenvalue weighted by Gasteiger charge is -2.01. The minimum absolute atomic E-state index is 0.294. The molecule has 0 saturated carbocycles. The Bertz CT molecular complexity index is 351. The molecule has 4 nitrogen and oxygen atoms in total. The molecule has 0 bridgehead atoms. The third-order valence-electron chi connectivity index (χ3n) is 1.75. The molecule has 2 N–H and O–H groups in total. The van der Waals surface area contributed by atoms with E-state index in [4.69, 9.17) is 10.4 Å². The predicted molar refractivity (Wildman–Crippen MR) is 50.6 cm³/mol. The summed E-state index contributed by atoms with van der Waals surface area (Å²) in [5.74, 6) is 0. The van der Waals surface area contributed by atoms with Gasteiger partial charge in [0.1, 0.15) is 0 Å². The Labute approximate surface area is 81.8 Å². The molecule has 4 heteroatoms. The van der Waals surface area contributed by atoms with E-state index >= 15 is 0 Å². The molecule has 0 aliphatic carbocycles. The van der Waals surface area contributed by atoms with E-state index in [9.17, 15) is 4.79 Å². The van der Waals surface area contributed by atoms with E-state index in [1.54, 1.807) is 0 Å². The highest BCUT2D eigenvalue weighted by atomic mass is 16.4. The van der Waals surface area contributed by atoms with Crippen LogP contribution in [0.1, 0.15) is 11.1 Å². The van der Waals surface area contributed by atoms with E-state index in [-0.39, 0.29) is 0 Å². The van der Waals surface area contributed by atoms with Crippen LogP contribution in [0.4, 0.5) is 4.79 Å². The molecule has 1 aromatic carbocycles. The summed E-state index contributed by atoms with van der Waals surface area (Å²) in [6.07, 6.45) is -0.654. The van der Waals surface area contributed by atoms with Crippen LogP contribution < -0.4 is 5.32 Å². The van der Waals surface area contributed by atoms with Gasteiger partial charge in [0.15, 0.2) is 0 Å². The van der Waals surface area contributed by atoms with Gasteiger partial charge in [-0.1, -0.05) is 24.3 Å². The zero-order valence-corrected chi connectivity index (χ0v) is 7.53. The van der Waals surface area contributed by atoms with Crippen LogP contribution in [0, 0.1) is 11.3 Å². The van der Waals surface area contributed by atoms with E-state index in [0.717, 1.165) is 11.1 Å². The second kappa shape index (κ2) is 4.87. The number of amides is 1. The summed E-state index contributed by atoms with van der Waals surface area (Å²) in [5, 5.41) is 19.0. The molecular formula is C10H10N2O2. The minimum atomic E-state index is -1.04. The Balaban J connectivity index is 2.56. The van der Waals surface area contributed by atoms with Crippen molar-refractivity contribution in [2.24, 2.45) is 0 Å². The van der Waals surface area contributed by atoms with Crippen LogP contribution in [0.25, 0.3) is 0 Å². The molecule has 0 radical (unpaired) electrons. The fourth-order valence-corrected chi connectivity index (χ4v) is 1.04. The van der Waals surface area contributed by atoms with Gasteiger partial charge in [0.25, 0.3) is 0 Å². The Morgan fingerprint density at radius 3 is 2.43 bits per heavy atom. The van der Waals surface area contributed by atoms with Gasteiger partial charge < -0.3 is 10.4 Å². The Morgan fingerprint density at radius 2 is 1.93 bits per heavy atom. The van der Waals surface area contributed by atoms with Gasteiger partial charge in [-0.05, 0) is 11.1 Å². The van der Waals surface area contributed by atoms with Crippen molar-refractivity contribution in [3.8, 4) is 6.07 Å². The molecule has 0 fully saturated rings. The molecule has 0 heterocycles. The molecule has 0 atom stereocenters. The van der Waals surface area contributed by atoms with Gasteiger partial charge in [0.2, 0.25) is 0 Å². The van der Waals surface area contributed by atoms with Crippen molar-refractivity contribution in [2.75, 3.05) is 0 Å². The number of carboxylic acid groups (broad SMARTS) is 1. The smallest absolute Gasteiger partial charge is 0.404 e. The zero-order chi connectivity index (χ0) is 10.4. The first-order chi connectivity index (χ1) is 6.72. The number of hydrogen-bond donors (Lipinski definition) is 2. The van der Waals surface area contributed by atoms with E-state index in [1.165, 1.54) is 0 Å². The van der Waals surface area contributed by atoms with Gasteiger partial charge in [0, 0.05) is 6.54 Å². The van der Waals surface area contributed by atoms with Crippen LogP contribution >= 0.6 is 0 Å². The number of nitriles is 1. The summed E-state index contributed by atoms with van der Waals surface area (Å²) >= 11 is 0. The van der Waals surface area contributed by atoms with Crippen molar-refractivity contribution in [3.63, 3.8) is 0 Å². The summed E-state index contributed by atoms with van der Waals surface area (Å²) in [5.41, 5.74) is 1.82. The molecule has 1 amide bonds. The number of rotatable bonds is 3. The highest BCUT2D eigenvalue weighted by Crippen LogP contribution is 2.04. The predicted octanol–water partition coefficient (Wildman–Crippen LogP) is 1.52. The second-order valence-electron chi connectivity index (χ2n) is 2.81. The van der Waals surface area contributed by atoms with Crippen molar-refractivity contribution < 1.29 is 9.90 Å². The third kappa shape index (κ3) is 3.15. The monoisotopic (exact) mass is 190 g/mol. The van der Waals surface area contributed by atoms with Gasteiger partial charge >= 0.3 is 6.09 Å². The van der Waals surface area contributed by atoms with E-state index < -0.39 is 6.09 Å². The van der Waals surface area contributed by atoms with Gasteiger partial charge in [-0.3, -0.25) is 0 Å². The molecule has 0 aliphatic heterocycles. The van der Waals surface area contributed by atoms with Crippen molar-refractivity contribution >= 4 is 6.09 Å². The standard InChI is InChI=1S/C10H10N2O2/c11-6-5-8-1-3-9(4-2-8)7-12-10(13)14/h1-4,12H,5,7H2,(H,13,14). The summed E-state index contributed by atoms with van der Waals surface area (Å²) in [7, 11) is 0. The first-order valence-corrected chi connectivity index (χ1v) is 4.14. The van der Waals surface area contributed by atoms with E-state index in [1.807, 2.05) is 30.3 Å². The van der Waals surface area contributed by atoms with E-state index in [2.05, 4.69) is 5.32 Å². The average Bonchev–Trinajstić information content (AvgIpc) is 2.17. The van der Waals surface area contributed by atoms with Crippen molar-refractivity contribution in [3.05, 3.63) is 35.4 Å². The molecule has 72 valence electrons. The molecule has 0 aromatic heterocycles. The maximum absolute atomic E-state index is 10.2. The maximum atomic E-state index is 10.2. The fourth-order valence-electron chi connectivity index (χ4n) is 1.04. The molecule has 1 aromatic rings. The zero-order valence-electron chi connectivity index (χ0n) is 7.53. The van der Waals surface area contributed by atoms with E-state index in [0.29, 0.717) is 13.0 Å². The Kier molecular flexibility index (Phi) is 3.50. The number of carbonyl (C=O) groups is 1. The van der Waals surface area contributed by atoms with Gasteiger partial charge in [-0.25, -0.2) is 4.79 Å². The number of nitrogens with one attached hydrogen (secondary N) is 1. The van der Waals surface area contributed by atoms with Crippen LogP contribution in [0.15, 0.2) is 24.3 Å². The number of nitrogens with zero attached hydrogens (tertiary/aromatic N) is 1. The summed E-state index contributed by atoms with van der Waals surface area (Å²) < 4.78 is 0. The summed E-state index contributed by atoms with van der Waals surface area (Å²) in [6.45, 7) is 0.294. The van der Waals surface area contributed by atoms with Gasteiger partial charge in [0.05, 0.1) is 12.5 Å². The first-order valence-electron chi connectivity index (χ1n) is 4.14. The fraction of sp³-hybridized carbons (Fsp3) is 0.200. The van der Waals surface area contributed by atoms with Crippen LogP contribution in [-0.4, -0.2) is 11.2 Å². The second-order valence-corrected chi connectivity index (χ2v) is 2.81. The lowest BCUT2D eigenvalue weighted by molar-refractivity contribution is 0.194. The normalized spacial score (nSPS) is 9.07. The van der Waals surface area contributed by atoms with Crippen molar-refractivity contribution in [2.45, 2.75) is 13.0 Å². The number of benzene rings is 1. The van der Waals surface area contributed by atoms with Crippen LogP contribution in [0.5, 0.6) is 0 Å². The molecule has 0 spiro atoms. The Hall–Kier alpha value is -2.02. The lowest BCUT2D eigenvalue weighted by atomic mass is 10.1. The molecule has 14 heavy (non-hydrogen) atoms. The third-order valence-corrected chi connectivity index (χ3v) is 1.75. The topological polar surface area (TPSA) is 73.1 Å². The lowest BCUT2D eigenvalue weighted by Crippen LogP contribution is -2.19. The van der Waals surface area contributed by atoms with Crippen molar-refractivity contribution in [1.82, 2.24) is 5.32 Å². The molecular weight excluding hydrogens is 180 g/mol. The number of hydrogen-bond acceptors (Lipinski definition) is 2. The van der Waals surface area contributed by atoms with Crippen LogP contribution in [0.2, 0.25) is 0 Å². The van der Waals surface area contributed by atoms with Crippen molar-refractivity contribution in [1.29, 1.82) is 5.26 Å². The molecule has 0 unspecified atom stereocenters. The average molecular weight is 190 g/mol. The molecule has 1 rings (SSSR count). The summed E-state index contributed by atoms with van der Waals surface area (Å²) in [6, 6.07) is 9.30. The SMILES string of the molecule is N#CCc1ccc(CNC(=O)O)cc1. The van der Waals surface area contributed by atoms with Crippen LogP contribution in [-0.2, 0) is 13.0 Å². The maximum Gasteiger partial charge on any atom is 0.404 e. The molecule has 0 aliphatic rings. The highest BCUT2D eigenvalue weighted by Gasteiger charge is 1.96. The quantitative estimate of drug-likeness (QED) is 0.758. The molecule has 0 saturated heterocycles. The van der Waals surface area contributed by atoms with Gasteiger partial charge in [-0.15, -0.1) is 0 Å². The largest absolute Gasteiger partial charge is 0.465 e. The van der Waals surface area contributed by atoms with Crippen LogP contribution in [0.3, 0.4) is 0 Å². The minimum Gasteiger partial charge on any atom is -0.465 e. The highest BCUT2D eigenvalue weighted by molar-refractivity contribution is 5.64. The first kappa shape index (κ1) is 10.1.